The molecule has 0 unspecified atom stereocenters. The fraction of sp³-hybridized carbons (Fsp3) is 0.0667. The summed E-state index contributed by atoms with van der Waals surface area (Å²) in [5, 5.41) is 5.01. The van der Waals surface area contributed by atoms with Gasteiger partial charge in [0.15, 0.2) is 0 Å². The second-order valence-corrected chi connectivity index (χ2v) is 7.18. The molecule has 2 rings (SSSR count). The van der Waals surface area contributed by atoms with Gasteiger partial charge in [-0.15, -0.1) is 0 Å². The number of hydrogen-bond donors (Lipinski definition) is 2. The summed E-state index contributed by atoms with van der Waals surface area (Å²) >= 11 is 0. The summed E-state index contributed by atoms with van der Waals surface area (Å²) < 4.78 is 66.1. The van der Waals surface area contributed by atoms with E-state index in [0.29, 0.717) is 15.6 Å². The quantitative estimate of drug-likeness (QED) is 0.732. The molecule has 2 aromatic rings. The molecule has 0 fully saturated rings. The van der Waals surface area contributed by atoms with Crippen LogP contribution in [0.2, 0.25) is 0 Å². The van der Waals surface area contributed by atoms with Crippen molar-refractivity contribution >= 4 is 32.7 Å². The molecule has 0 spiro atoms. The van der Waals surface area contributed by atoms with Crippen molar-refractivity contribution in [2.45, 2.75) is 4.90 Å². The number of methoxy groups -OCH3 is 1. The molecule has 0 aliphatic carbocycles. The second-order valence-electron chi connectivity index (χ2n) is 4.77. The molecule has 0 aliphatic rings. The van der Waals surface area contributed by atoms with E-state index in [-0.39, 0.29) is 0 Å². The largest absolute Gasteiger partial charge is 0.496 e. The molecule has 0 atom stereocenters. The van der Waals surface area contributed by atoms with Gasteiger partial charge in [-0.3, -0.25) is 0 Å². The van der Waals surface area contributed by atoms with Crippen LogP contribution < -0.4 is 14.2 Å². The van der Waals surface area contributed by atoms with Gasteiger partial charge in [-0.05, 0) is 24.3 Å². The summed E-state index contributed by atoms with van der Waals surface area (Å²) in [4.78, 5) is -0.904. The molecule has 2 aromatic carbocycles. The third kappa shape index (κ3) is 4.35. The fourth-order valence-corrected chi connectivity index (χ4v) is 3.52. The van der Waals surface area contributed by atoms with E-state index in [1.165, 1.54) is 19.3 Å². The molecule has 0 aliphatic heterocycles. The highest BCUT2D eigenvalue weighted by molar-refractivity contribution is 7.89. The number of thiol groups is 1. The van der Waals surface area contributed by atoms with Gasteiger partial charge in [0.25, 0.3) is 0 Å². The Morgan fingerprint density at radius 2 is 1.84 bits per heavy atom. The Labute approximate surface area is 146 Å². The lowest BCUT2D eigenvalue weighted by atomic mass is 10.2. The van der Waals surface area contributed by atoms with Crippen molar-refractivity contribution in [2.24, 2.45) is 5.14 Å². The number of para-hydroxylation sites is 1. The van der Waals surface area contributed by atoms with E-state index in [1.54, 1.807) is 24.3 Å². The van der Waals surface area contributed by atoms with Gasteiger partial charge in [0.2, 0.25) is 20.9 Å². The predicted molar refractivity (Wildman–Crippen MR) is 92.6 cm³/mol. The van der Waals surface area contributed by atoms with E-state index in [9.17, 15) is 21.2 Å². The molecule has 0 heterocycles. The van der Waals surface area contributed by atoms with Crippen molar-refractivity contribution in [1.82, 2.24) is 0 Å². The van der Waals surface area contributed by atoms with Gasteiger partial charge in [-0.2, -0.15) is 0 Å². The van der Waals surface area contributed by atoms with E-state index >= 15 is 0 Å². The SMILES string of the molecule is COc1ccccc1C=CN(c1cccc(F)c1S(N)(=O)=O)[SH](=O)=O. The van der Waals surface area contributed by atoms with Crippen LogP contribution in [0.1, 0.15) is 5.56 Å². The summed E-state index contributed by atoms with van der Waals surface area (Å²) in [5.41, 5.74) is 0.130. The van der Waals surface area contributed by atoms with Gasteiger partial charge in [0, 0.05) is 11.8 Å². The molecule has 0 saturated heterocycles. The number of benzene rings is 2. The number of nitrogens with zero attached hydrogens (tertiary/aromatic N) is 1. The Balaban J connectivity index is 2.58. The highest BCUT2D eigenvalue weighted by atomic mass is 32.2. The summed E-state index contributed by atoms with van der Waals surface area (Å²) in [6.45, 7) is 0. The first-order valence-electron chi connectivity index (χ1n) is 6.81. The highest BCUT2D eigenvalue weighted by Gasteiger charge is 2.23. The molecule has 10 heteroatoms. The van der Waals surface area contributed by atoms with E-state index in [0.717, 1.165) is 18.3 Å². The average molecular weight is 386 g/mol. The normalized spacial score (nSPS) is 11.8. The lowest BCUT2D eigenvalue weighted by molar-refractivity contribution is 0.414. The average Bonchev–Trinajstić information content (AvgIpc) is 2.54. The summed E-state index contributed by atoms with van der Waals surface area (Å²) in [6, 6.07) is 9.97. The zero-order chi connectivity index (χ0) is 18.6. The minimum absolute atomic E-state index is 0.412. The van der Waals surface area contributed by atoms with Crippen molar-refractivity contribution < 1.29 is 26.0 Å². The minimum Gasteiger partial charge on any atom is -0.496 e. The molecule has 0 aromatic heterocycles. The maximum atomic E-state index is 13.9. The van der Waals surface area contributed by atoms with E-state index in [1.807, 2.05) is 0 Å². The molecular formula is C15H15FN2O5S2. The summed E-state index contributed by atoms with van der Waals surface area (Å²) in [7, 11) is -6.34. The first-order chi connectivity index (χ1) is 11.8. The van der Waals surface area contributed by atoms with Crippen LogP contribution in [-0.4, -0.2) is 23.9 Å². The molecule has 0 amide bonds. The first-order valence-corrected chi connectivity index (χ1v) is 9.49. The summed E-state index contributed by atoms with van der Waals surface area (Å²) in [6.07, 6.45) is 2.48. The molecule has 134 valence electrons. The minimum atomic E-state index is -4.48. The topological polar surface area (TPSA) is 107 Å². The van der Waals surface area contributed by atoms with Crippen LogP contribution in [0.4, 0.5) is 10.1 Å². The lowest BCUT2D eigenvalue weighted by Crippen LogP contribution is -2.21. The fourth-order valence-electron chi connectivity index (χ4n) is 2.14. The second kappa shape index (κ2) is 7.64. The third-order valence-corrected chi connectivity index (χ3v) is 4.86. The zero-order valence-electron chi connectivity index (χ0n) is 13.0. The van der Waals surface area contributed by atoms with Gasteiger partial charge in [-0.1, -0.05) is 24.3 Å². The van der Waals surface area contributed by atoms with Gasteiger partial charge in [-0.25, -0.2) is 30.7 Å². The lowest BCUT2D eigenvalue weighted by Gasteiger charge is -2.16. The molecule has 0 bridgehead atoms. The van der Waals surface area contributed by atoms with Crippen molar-refractivity contribution in [3.05, 3.63) is 60.0 Å². The number of sulfonamides is 1. The Morgan fingerprint density at radius 3 is 2.44 bits per heavy atom. The first kappa shape index (κ1) is 18.9. The van der Waals surface area contributed by atoms with Crippen LogP contribution in [0.15, 0.2) is 53.6 Å². The Kier molecular flexibility index (Phi) is 5.77. The van der Waals surface area contributed by atoms with Crippen molar-refractivity contribution in [2.75, 3.05) is 11.4 Å². The molecule has 7 nitrogen and oxygen atoms in total. The molecule has 25 heavy (non-hydrogen) atoms. The van der Waals surface area contributed by atoms with Crippen LogP contribution >= 0.6 is 0 Å². The van der Waals surface area contributed by atoms with E-state index in [4.69, 9.17) is 9.88 Å². The molecule has 2 N–H and O–H groups in total. The standard InChI is InChI=1S/C15H15FN2O5S2/c1-23-14-8-3-2-5-11(14)9-10-18(24(19)20)13-7-4-6-12(16)15(13)25(17,21)22/h2-10,24H,1H3,(H2,17,21,22). The van der Waals surface area contributed by atoms with Crippen molar-refractivity contribution in [1.29, 1.82) is 0 Å². The maximum absolute atomic E-state index is 13.9. The summed E-state index contributed by atoms with van der Waals surface area (Å²) in [5.74, 6) is -0.668. The molecular weight excluding hydrogens is 371 g/mol. The van der Waals surface area contributed by atoms with Crippen LogP contribution in [-0.2, 0) is 20.9 Å². The van der Waals surface area contributed by atoms with E-state index < -0.39 is 37.3 Å². The number of primary sulfonamides is 1. The van der Waals surface area contributed by atoms with Gasteiger partial charge < -0.3 is 4.74 Å². The molecule has 0 saturated carbocycles. The van der Waals surface area contributed by atoms with Gasteiger partial charge in [0.05, 0.1) is 12.8 Å². The monoisotopic (exact) mass is 386 g/mol. The molecule has 0 radical (unpaired) electrons. The Morgan fingerprint density at radius 1 is 1.16 bits per heavy atom. The number of halogens is 1. The number of rotatable bonds is 6. The van der Waals surface area contributed by atoms with Gasteiger partial charge in [0.1, 0.15) is 16.5 Å². The Hall–Kier alpha value is -2.43. The van der Waals surface area contributed by atoms with Crippen molar-refractivity contribution in [3.63, 3.8) is 0 Å². The van der Waals surface area contributed by atoms with Crippen LogP contribution in [0, 0.1) is 5.82 Å². The van der Waals surface area contributed by atoms with Crippen LogP contribution in [0.25, 0.3) is 6.08 Å². The van der Waals surface area contributed by atoms with Crippen LogP contribution in [0.3, 0.4) is 0 Å². The highest BCUT2D eigenvalue weighted by Crippen LogP contribution is 2.28. The number of nitrogens with two attached hydrogens (primary N) is 1. The number of anilines is 1. The third-order valence-electron chi connectivity index (χ3n) is 3.19. The Bertz CT molecular complexity index is 979. The number of ether oxygens (including phenoxy) is 1. The van der Waals surface area contributed by atoms with Crippen LogP contribution in [0.5, 0.6) is 5.75 Å². The smallest absolute Gasteiger partial charge is 0.243 e. The maximum Gasteiger partial charge on any atom is 0.243 e. The van der Waals surface area contributed by atoms with E-state index in [2.05, 4.69) is 0 Å². The predicted octanol–water partition coefficient (Wildman–Crippen LogP) is 1.49. The van der Waals surface area contributed by atoms with Gasteiger partial charge >= 0.3 is 0 Å². The zero-order valence-corrected chi connectivity index (χ0v) is 14.7. The van der Waals surface area contributed by atoms with Crippen molar-refractivity contribution in [3.8, 4) is 5.75 Å². The number of hydrogen-bond acceptors (Lipinski definition) is 5.